The second-order valence-electron chi connectivity index (χ2n) is 3.31. The van der Waals surface area contributed by atoms with Gasteiger partial charge in [0, 0.05) is 18.4 Å². The van der Waals surface area contributed by atoms with Gasteiger partial charge in [0.25, 0.3) is 0 Å². The van der Waals surface area contributed by atoms with Gasteiger partial charge in [0.15, 0.2) is 0 Å². The summed E-state index contributed by atoms with van der Waals surface area (Å²) in [5, 5.41) is 6.12. The Bertz CT molecular complexity index is 528. The van der Waals surface area contributed by atoms with Gasteiger partial charge in [0.2, 0.25) is 0 Å². The summed E-state index contributed by atoms with van der Waals surface area (Å²) in [7, 11) is 1.85. The van der Waals surface area contributed by atoms with Crippen molar-refractivity contribution >= 4 is 27.2 Å². The molecule has 0 fully saturated rings. The summed E-state index contributed by atoms with van der Waals surface area (Å²) < 4.78 is 1.20. The van der Waals surface area contributed by atoms with Crippen molar-refractivity contribution in [1.29, 1.82) is 0 Å². The van der Waals surface area contributed by atoms with Crippen LogP contribution in [0.4, 0.5) is 5.69 Å². The average Bonchev–Trinajstić information content (AvgIpc) is 2.73. The van der Waals surface area contributed by atoms with Gasteiger partial charge in [-0.05, 0) is 30.5 Å². The molecule has 1 aromatic carbocycles. The zero-order valence-electron chi connectivity index (χ0n) is 9.03. The molecule has 0 saturated carbocycles. The van der Waals surface area contributed by atoms with Crippen LogP contribution in [0.2, 0.25) is 0 Å². The number of fused-ring (bicyclic) bond motifs is 1. The normalized spacial score (nSPS) is 10.8. The van der Waals surface area contributed by atoms with Crippen molar-refractivity contribution < 1.29 is 0 Å². The predicted molar refractivity (Wildman–Crippen MR) is 70.6 cm³/mol. The number of hydrogen-bond donors (Lipinski definition) is 2. The SMILES string of the molecule is C=C(/C=C\NC)Nc1ccc2scnc2c1. The first kappa shape index (κ1) is 10.7. The summed E-state index contributed by atoms with van der Waals surface area (Å²) in [6.07, 6.45) is 3.71. The third-order valence-corrected chi connectivity index (χ3v) is 2.90. The number of aromatic nitrogens is 1. The van der Waals surface area contributed by atoms with Gasteiger partial charge in [0.1, 0.15) is 0 Å². The lowest BCUT2D eigenvalue weighted by molar-refractivity contribution is 1.10. The Hall–Kier alpha value is -1.81. The highest BCUT2D eigenvalue weighted by Crippen LogP contribution is 2.22. The molecule has 1 heterocycles. The Morgan fingerprint density at radius 1 is 1.50 bits per heavy atom. The molecule has 0 saturated heterocycles. The van der Waals surface area contributed by atoms with E-state index in [4.69, 9.17) is 0 Å². The van der Waals surface area contributed by atoms with E-state index in [2.05, 4.69) is 28.3 Å². The lowest BCUT2D eigenvalue weighted by atomic mass is 10.3. The highest BCUT2D eigenvalue weighted by atomic mass is 32.1. The van der Waals surface area contributed by atoms with Crippen molar-refractivity contribution in [3.63, 3.8) is 0 Å². The molecule has 4 heteroatoms. The topological polar surface area (TPSA) is 37.0 Å². The zero-order chi connectivity index (χ0) is 11.4. The summed E-state index contributed by atoms with van der Waals surface area (Å²) in [6.45, 7) is 3.90. The van der Waals surface area contributed by atoms with Gasteiger partial charge in [-0.2, -0.15) is 0 Å². The molecule has 0 unspecified atom stereocenters. The molecule has 2 aromatic rings. The lowest BCUT2D eigenvalue weighted by Crippen LogP contribution is -1.97. The molecule has 2 rings (SSSR count). The first-order chi connectivity index (χ1) is 7.79. The Morgan fingerprint density at radius 3 is 3.19 bits per heavy atom. The van der Waals surface area contributed by atoms with Crippen LogP contribution in [0.25, 0.3) is 10.2 Å². The smallest absolute Gasteiger partial charge is 0.0832 e. The lowest BCUT2D eigenvalue weighted by Gasteiger charge is -2.05. The quantitative estimate of drug-likeness (QED) is 0.794. The molecule has 0 amide bonds. The number of hydrogen-bond acceptors (Lipinski definition) is 4. The Kier molecular flexibility index (Phi) is 3.22. The number of benzene rings is 1. The maximum absolute atomic E-state index is 4.27. The molecule has 0 aliphatic heterocycles. The Labute approximate surface area is 98.5 Å². The van der Waals surface area contributed by atoms with E-state index in [0.717, 1.165) is 16.9 Å². The zero-order valence-corrected chi connectivity index (χ0v) is 9.84. The molecule has 82 valence electrons. The number of nitrogens with zero attached hydrogens (tertiary/aromatic N) is 1. The molecule has 3 nitrogen and oxygen atoms in total. The van der Waals surface area contributed by atoms with Crippen molar-refractivity contribution in [2.24, 2.45) is 0 Å². The van der Waals surface area contributed by atoms with Crippen LogP contribution >= 0.6 is 11.3 Å². The van der Waals surface area contributed by atoms with Crippen LogP contribution in [0, 0.1) is 0 Å². The van der Waals surface area contributed by atoms with Crippen LogP contribution in [0.1, 0.15) is 0 Å². The standard InChI is InChI=1S/C12H13N3S/c1-9(5-6-13-2)15-10-3-4-12-11(7-10)14-8-16-12/h3-8,13,15H,1H2,2H3/b6-5-. The highest BCUT2D eigenvalue weighted by molar-refractivity contribution is 7.16. The fourth-order valence-electron chi connectivity index (χ4n) is 1.35. The second kappa shape index (κ2) is 4.81. The fraction of sp³-hybridized carbons (Fsp3) is 0.0833. The number of allylic oxidation sites excluding steroid dienone is 1. The summed E-state index contributed by atoms with van der Waals surface area (Å²) in [4.78, 5) is 4.27. The molecular weight excluding hydrogens is 218 g/mol. The van der Waals surface area contributed by atoms with Crippen molar-refractivity contribution in [2.45, 2.75) is 0 Å². The molecule has 0 atom stereocenters. The van der Waals surface area contributed by atoms with Gasteiger partial charge in [-0.3, -0.25) is 0 Å². The van der Waals surface area contributed by atoms with Crippen molar-refractivity contribution in [3.8, 4) is 0 Å². The van der Waals surface area contributed by atoms with E-state index in [0.29, 0.717) is 0 Å². The van der Waals surface area contributed by atoms with E-state index in [9.17, 15) is 0 Å². The largest absolute Gasteiger partial charge is 0.394 e. The van der Waals surface area contributed by atoms with Gasteiger partial charge in [-0.15, -0.1) is 11.3 Å². The van der Waals surface area contributed by atoms with E-state index >= 15 is 0 Å². The van der Waals surface area contributed by atoms with Crippen LogP contribution in [-0.4, -0.2) is 12.0 Å². The summed E-state index contributed by atoms with van der Waals surface area (Å²) in [6, 6.07) is 6.10. The van der Waals surface area contributed by atoms with Gasteiger partial charge >= 0.3 is 0 Å². The fourth-order valence-corrected chi connectivity index (χ4v) is 2.01. The third kappa shape index (κ3) is 2.41. The minimum atomic E-state index is 0.837. The maximum Gasteiger partial charge on any atom is 0.0832 e. The van der Waals surface area contributed by atoms with Crippen molar-refractivity contribution in [2.75, 3.05) is 12.4 Å². The molecule has 0 radical (unpaired) electrons. The Morgan fingerprint density at radius 2 is 2.38 bits per heavy atom. The first-order valence-electron chi connectivity index (χ1n) is 4.92. The summed E-state index contributed by atoms with van der Waals surface area (Å²) in [5.74, 6) is 0. The predicted octanol–water partition coefficient (Wildman–Crippen LogP) is 2.96. The highest BCUT2D eigenvalue weighted by Gasteiger charge is 1.98. The minimum Gasteiger partial charge on any atom is -0.394 e. The molecule has 1 aromatic heterocycles. The van der Waals surface area contributed by atoms with Crippen molar-refractivity contribution in [3.05, 3.63) is 48.3 Å². The van der Waals surface area contributed by atoms with E-state index in [-0.39, 0.29) is 0 Å². The van der Waals surface area contributed by atoms with Crippen LogP contribution in [0.5, 0.6) is 0 Å². The number of anilines is 1. The van der Waals surface area contributed by atoms with Gasteiger partial charge in [-0.1, -0.05) is 6.58 Å². The van der Waals surface area contributed by atoms with E-state index in [1.165, 1.54) is 4.70 Å². The average molecular weight is 231 g/mol. The second-order valence-corrected chi connectivity index (χ2v) is 4.19. The van der Waals surface area contributed by atoms with Gasteiger partial charge in [0.05, 0.1) is 15.7 Å². The third-order valence-electron chi connectivity index (χ3n) is 2.09. The minimum absolute atomic E-state index is 0.837. The molecule has 0 spiro atoms. The molecule has 0 aliphatic carbocycles. The summed E-state index contributed by atoms with van der Waals surface area (Å²) >= 11 is 1.64. The number of thiazole rings is 1. The van der Waals surface area contributed by atoms with E-state index in [1.54, 1.807) is 11.3 Å². The van der Waals surface area contributed by atoms with Crippen LogP contribution in [-0.2, 0) is 0 Å². The monoisotopic (exact) mass is 231 g/mol. The molecule has 16 heavy (non-hydrogen) atoms. The van der Waals surface area contributed by atoms with E-state index in [1.807, 2.05) is 37.0 Å². The first-order valence-corrected chi connectivity index (χ1v) is 5.80. The summed E-state index contributed by atoms with van der Waals surface area (Å²) in [5.41, 5.74) is 4.71. The van der Waals surface area contributed by atoms with Crippen LogP contribution in [0.15, 0.2) is 48.3 Å². The number of nitrogens with one attached hydrogen (secondary N) is 2. The molecule has 0 aliphatic rings. The van der Waals surface area contributed by atoms with Crippen LogP contribution < -0.4 is 10.6 Å². The Balaban J connectivity index is 2.14. The van der Waals surface area contributed by atoms with Gasteiger partial charge in [-0.25, -0.2) is 4.98 Å². The maximum atomic E-state index is 4.27. The molecule has 2 N–H and O–H groups in total. The molecular formula is C12H13N3S. The van der Waals surface area contributed by atoms with E-state index < -0.39 is 0 Å². The van der Waals surface area contributed by atoms with Crippen LogP contribution in [0.3, 0.4) is 0 Å². The molecule has 0 bridgehead atoms. The number of rotatable bonds is 4. The van der Waals surface area contributed by atoms with Crippen molar-refractivity contribution in [1.82, 2.24) is 10.3 Å². The van der Waals surface area contributed by atoms with Gasteiger partial charge < -0.3 is 10.6 Å².